The zero-order chi connectivity index (χ0) is 30.0. The second-order valence-electron chi connectivity index (χ2n) is 11.1. The van der Waals surface area contributed by atoms with E-state index in [1.807, 2.05) is 20.8 Å². The number of nitrogens with one attached hydrogen (secondary N) is 1. The van der Waals surface area contributed by atoms with E-state index in [9.17, 15) is 24.0 Å². The second-order valence-corrected chi connectivity index (χ2v) is 11.1. The van der Waals surface area contributed by atoms with Crippen LogP contribution in [0, 0.1) is 5.92 Å². The van der Waals surface area contributed by atoms with Crippen molar-refractivity contribution in [3.63, 3.8) is 0 Å². The van der Waals surface area contributed by atoms with Crippen molar-refractivity contribution in [2.24, 2.45) is 5.92 Å². The molecule has 10 nitrogen and oxygen atoms in total. The molecular formula is C32H31N3O7. The predicted octanol–water partition coefficient (Wildman–Crippen LogP) is 5.23. The fourth-order valence-corrected chi connectivity index (χ4v) is 4.99. The van der Waals surface area contributed by atoms with Crippen molar-refractivity contribution in [3.8, 4) is 5.75 Å². The minimum absolute atomic E-state index is 0.00894. The van der Waals surface area contributed by atoms with Gasteiger partial charge < -0.3 is 19.3 Å². The Morgan fingerprint density at radius 3 is 2.12 bits per heavy atom. The molecule has 1 N–H and O–H groups in total. The lowest BCUT2D eigenvalue weighted by Gasteiger charge is -2.36. The fourth-order valence-electron chi connectivity index (χ4n) is 4.99. The van der Waals surface area contributed by atoms with E-state index in [4.69, 9.17) is 9.47 Å². The van der Waals surface area contributed by atoms with Crippen LogP contribution in [0.1, 0.15) is 51.8 Å². The van der Waals surface area contributed by atoms with E-state index in [0.29, 0.717) is 31.9 Å². The number of fused-ring (bicyclic) bond motifs is 1. The molecule has 0 radical (unpaired) electrons. The lowest BCUT2D eigenvalue weighted by molar-refractivity contribution is 0.0240. The first-order chi connectivity index (χ1) is 20.0. The van der Waals surface area contributed by atoms with Crippen molar-refractivity contribution >= 4 is 40.9 Å². The number of rotatable bonds is 5. The topological polar surface area (TPSA) is 122 Å². The number of hydrogen-bond donors (Lipinski definition) is 1. The minimum Gasteiger partial charge on any atom is -0.444 e. The Hall–Kier alpha value is -4.99. The van der Waals surface area contributed by atoms with Crippen LogP contribution in [0.3, 0.4) is 0 Å². The van der Waals surface area contributed by atoms with Crippen LogP contribution in [-0.2, 0) is 4.74 Å². The molecule has 1 atom stereocenters. The Labute approximate surface area is 243 Å². The zero-order valence-corrected chi connectivity index (χ0v) is 23.6. The quantitative estimate of drug-likeness (QED) is 0.327. The molecule has 0 spiro atoms. The first kappa shape index (κ1) is 28.5. The third-order valence-corrected chi connectivity index (χ3v) is 7.00. The van der Waals surface area contributed by atoms with Gasteiger partial charge in [-0.05, 0) is 63.2 Å². The van der Waals surface area contributed by atoms with E-state index in [0.717, 1.165) is 5.69 Å². The number of para-hydroxylation sites is 1. The summed E-state index contributed by atoms with van der Waals surface area (Å²) in [6.45, 7) is 7.65. The molecule has 1 aliphatic carbocycles. The molecule has 0 bridgehead atoms. The first-order valence-electron chi connectivity index (χ1n) is 13.6. The highest BCUT2D eigenvalue weighted by molar-refractivity contribution is 6.39. The lowest BCUT2D eigenvalue weighted by Crippen LogP contribution is -2.50. The molecule has 0 aromatic heterocycles. The summed E-state index contributed by atoms with van der Waals surface area (Å²) in [5.74, 6) is -3.11. The van der Waals surface area contributed by atoms with Crippen LogP contribution < -0.4 is 15.0 Å². The maximum atomic E-state index is 13.4. The standard InChI is InChI=1S/C32H31N3O7/c1-32(2,3)42-31(40)35-18-16-34(17-19-35)21-14-12-20(13-15-21)27(36)26-28(37)23-10-7-11-24(25(23)29(26)38)33-30(39)41-22-8-5-4-6-9-22/h4-15,26H,16-19H2,1-3H3,(H,33,39). The number of carbonyl (C=O) groups is 5. The number of piperazine rings is 1. The van der Waals surface area contributed by atoms with Crippen LogP contribution in [0.4, 0.5) is 21.0 Å². The smallest absolute Gasteiger partial charge is 0.417 e. The van der Waals surface area contributed by atoms with Gasteiger partial charge in [0.25, 0.3) is 0 Å². The van der Waals surface area contributed by atoms with Gasteiger partial charge in [-0.15, -0.1) is 0 Å². The SMILES string of the molecule is CC(C)(C)OC(=O)N1CCN(c2ccc(C(=O)C3C(=O)c4cccc(NC(=O)Oc5ccccc5)c4C3=O)cc2)CC1. The molecular weight excluding hydrogens is 538 g/mol. The van der Waals surface area contributed by atoms with E-state index >= 15 is 0 Å². The highest BCUT2D eigenvalue weighted by Gasteiger charge is 2.45. The molecule has 216 valence electrons. The summed E-state index contributed by atoms with van der Waals surface area (Å²) >= 11 is 0. The maximum Gasteiger partial charge on any atom is 0.417 e. The predicted molar refractivity (Wildman–Crippen MR) is 155 cm³/mol. The van der Waals surface area contributed by atoms with E-state index in [-0.39, 0.29) is 28.5 Å². The summed E-state index contributed by atoms with van der Waals surface area (Å²) < 4.78 is 10.7. The molecule has 10 heteroatoms. The van der Waals surface area contributed by atoms with Crippen LogP contribution in [0.15, 0.2) is 72.8 Å². The van der Waals surface area contributed by atoms with Gasteiger partial charge in [-0.1, -0.05) is 30.3 Å². The Morgan fingerprint density at radius 2 is 1.48 bits per heavy atom. The summed E-state index contributed by atoms with van der Waals surface area (Å²) in [7, 11) is 0. The van der Waals surface area contributed by atoms with E-state index in [1.165, 1.54) is 18.2 Å². The number of amides is 2. The molecule has 1 fully saturated rings. The van der Waals surface area contributed by atoms with Gasteiger partial charge in [-0.25, -0.2) is 9.59 Å². The van der Waals surface area contributed by atoms with Gasteiger partial charge in [0.05, 0.1) is 11.3 Å². The zero-order valence-electron chi connectivity index (χ0n) is 23.6. The van der Waals surface area contributed by atoms with Gasteiger partial charge in [-0.3, -0.25) is 19.7 Å². The van der Waals surface area contributed by atoms with Crippen LogP contribution in [0.25, 0.3) is 0 Å². The fraction of sp³-hybridized carbons (Fsp3) is 0.281. The number of carbonyl (C=O) groups excluding carboxylic acids is 5. The summed E-state index contributed by atoms with van der Waals surface area (Å²) in [5, 5.41) is 2.52. The van der Waals surface area contributed by atoms with Crippen molar-refractivity contribution < 1.29 is 33.4 Å². The lowest BCUT2D eigenvalue weighted by atomic mass is 9.93. The van der Waals surface area contributed by atoms with Crippen molar-refractivity contribution in [1.29, 1.82) is 0 Å². The first-order valence-corrected chi connectivity index (χ1v) is 13.6. The molecule has 3 aromatic rings. The van der Waals surface area contributed by atoms with Crippen LogP contribution in [0.5, 0.6) is 5.75 Å². The van der Waals surface area contributed by atoms with Crippen molar-refractivity contribution in [1.82, 2.24) is 4.90 Å². The van der Waals surface area contributed by atoms with Gasteiger partial charge in [0.15, 0.2) is 17.3 Å². The number of Topliss-reactive ketones (excluding diaryl/α,β-unsaturated/α-hetero) is 3. The number of nitrogens with zero attached hydrogens (tertiary/aromatic N) is 2. The Morgan fingerprint density at radius 1 is 0.810 bits per heavy atom. The molecule has 2 amide bonds. The molecule has 1 aliphatic heterocycles. The van der Waals surface area contributed by atoms with Crippen molar-refractivity contribution in [3.05, 3.63) is 89.5 Å². The van der Waals surface area contributed by atoms with Gasteiger partial charge in [0.2, 0.25) is 0 Å². The monoisotopic (exact) mass is 569 g/mol. The highest BCUT2D eigenvalue weighted by Crippen LogP contribution is 2.34. The third-order valence-electron chi connectivity index (χ3n) is 7.00. The van der Waals surface area contributed by atoms with Gasteiger partial charge in [-0.2, -0.15) is 0 Å². The van der Waals surface area contributed by atoms with Gasteiger partial charge in [0.1, 0.15) is 17.3 Å². The molecule has 42 heavy (non-hydrogen) atoms. The second kappa shape index (κ2) is 11.5. The molecule has 1 unspecified atom stereocenters. The average molecular weight is 570 g/mol. The van der Waals surface area contributed by atoms with E-state index < -0.39 is 35.0 Å². The molecule has 3 aromatic carbocycles. The summed E-state index contributed by atoms with van der Waals surface area (Å²) in [5.41, 5.74) is 0.685. The summed E-state index contributed by atoms with van der Waals surface area (Å²) in [6.07, 6.45) is -1.17. The Balaban J connectivity index is 1.25. The van der Waals surface area contributed by atoms with Crippen LogP contribution in [-0.4, -0.2) is 66.2 Å². The molecule has 1 saturated heterocycles. The minimum atomic E-state index is -1.53. The van der Waals surface area contributed by atoms with Crippen molar-refractivity contribution in [2.45, 2.75) is 26.4 Å². The largest absolute Gasteiger partial charge is 0.444 e. The number of ether oxygens (including phenoxy) is 2. The summed E-state index contributed by atoms with van der Waals surface area (Å²) in [4.78, 5) is 68.5. The average Bonchev–Trinajstić information content (AvgIpc) is 3.22. The third kappa shape index (κ3) is 6.02. The molecule has 1 heterocycles. The number of anilines is 2. The normalized spacial score (nSPS) is 16.6. The number of benzene rings is 3. The van der Waals surface area contributed by atoms with Crippen LogP contribution >= 0.6 is 0 Å². The van der Waals surface area contributed by atoms with Gasteiger partial charge >= 0.3 is 12.2 Å². The van der Waals surface area contributed by atoms with Crippen LogP contribution in [0.2, 0.25) is 0 Å². The van der Waals surface area contributed by atoms with E-state index in [1.54, 1.807) is 59.5 Å². The molecule has 2 aliphatic rings. The molecule has 5 rings (SSSR count). The molecule has 0 saturated carbocycles. The van der Waals surface area contributed by atoms with Gasteiger partial charge in [0, 0.05) is 43.0 Å². The maximum absolute atomic E-state index is 13.4. The van der Waals surface area contributed by atoms with E-state index in [2.05, 4.69) is 10.2 Å². The Kier molecular flexibility index (Phi) is 7.80. The Bertz CT molecular complexity index is 1540. The highest BCUT2D eigenvalue weighted by atomic mass is 16.6. The number of ketones is 3. The van der Waals surface area contributed by atoms with Crippen molar-refractivity contribution in [2.75, 3.05) is 36.4 Å². The number of hydrogen-bond acceptors (Lipinski definition) is 8. The summed E-state index contributed by atoms with van der Waals surface area (Å²) in [6, 6.07) is 19.6.